The van der Waals surface area contributed by atoms with Crippen LogP contribution in [0.1, 0.15) is 32.9 Å². The summed E-state index contributed by atoms with van der Waals surface area (Å²) in [5.41, 5.74) is 3.77. The van der Waals surface area contributed by atoms with Crippen molar-refractivity contribution in [2.45, 2.75) is 26.5 Å². The van der Waals surface area contributed by atoms with Crippen LogP contribution in [0, 0.1) is 20.8 Å². The van der Waals surface area contributed by atoms with E-state index in [4.69, 9.17) is 9.26 Å². The van der Waals surface area contributed by atoms with Crippen LogP contribution in [0.5, 0.6) is 0 Å². The largest absolute Gasteiger partial charge is 0.465 e. The zero-order valence-electron chi connectivity index (χ0n) is 14.1. The lowest BCUT2D eigenvalue weighted by Gasteiger charge is -2.10. The number of hydrogen-bond donors (Lipinski definition) is 1. The predicted octanol–water partition coefficient (Wildman–Crippen LogP) is 3.26. The second-order valence-corrected chi connectivity index (χ2v) is 6.35. The van der Waals surface area contributed by atoms with Crippen LogP contribution in [0.15, 0.2) is 22.7 Å². The Balaban J connectivity index is 1.94. The number of thioether (sulfide) groups is 1. The van der Waals surface area contributed by atoms with Gasteiger partial charge in [0, 0.05) is 17.0 Å². The number of aromatic nitrogens is 1. The van der Waals surface area contributed by atoms with Gasteiger partial charge in [0.1, 0.15) is 5.76 Å². The lowest BCUT2D eigenvalue weighted by atomic mass is 10.1. The molecule has 0 atom stereocenters. The number of anilines is 1. The molecule has 24 heavy (non-hydrogen) atoms. The fourth-order valence-corrected chi connectivity index (χ4v) is 3.12. The van der Waals surface area contributed by atoms with E-state index in [1.54, 1.807) is 18.2 Å². The average Bonchev–Trinajstić information content (AvgIpc) is 2.88. The molecule has 1 N–H and O–H groups in total. The smallest absolute Gasteiger partial charge is 0.337 e. The first kappa shape index (κ1) is 18.1. The van der Waals surface area contributed by atoms with Crippen LogP contribution < -0.4 is 5.32 Å². The highest BCUT2D eigenvalue weighted by Gasteiger charge is 2.12. The predicted molar refractivity (Wildman–Crippen MR) is 93.3 cm³/mol. The van der Waals surface area contributed by atoms with Crippen molar-refractivity contribution in [3.8, 4) is 0 Å². The van der Waals surface area contributed by atoms with Crippen LogP contribution in [0.2, 0.25) is 0 Å². The van der Waals surface area contributed by atoms with Gasteiger partial charge in [-0.05, 0) is 38.5 Å². The van der Waals surface area contributed by atoms with Gasteiger partial charge >= 0.3 is 5.97 Å². The normalized spacial score (nSPS) is 10.5. The van der Waals surface area contributed by atoms with Crippen molar-refractivity contribution in [1.82, 2.24) is 5.16 Å². The molecule has 1 aromatic heterocycles. The second-order valence-electron chi connectivity index (χ2n) is 5.36. The number of carbonyl (C=O) groups excluding carboxylic acids is 2. The van der Waals surface area contributed by atoms with Crippen LogP contribution in [0.3, 0.4) is 0 Å². The van der Waals surface area contributed by atoms with E-state index in [0.29, 0.717) is 22.8 Å². The molecule has 0 aliphatic carbocycles. The standard InChI is InChI=1S/C17H20N2O4S/c1-10-5-6-13(17(21)22-4)7-15(10)18-16(20)9-24-8-14-11(2)19-23-12(14)3/h5-7H,8-9H2,1-4H3,(H,18,20). The Labute approximate surface area is 144 Å². The minimum absolute atomic E-state index is 0.128. The molecule has 0 radical (unpaired) electrons. The minimum Gasteiger partial charge on any atom is -0.465 e. The Morgan fingerprint density at radius 1 is 1.29 bits per heavy atom. The summed E-state index contributed by atoms with van der Waals surface area (Å²) >= 11 is 1.48. The Morgan fingerprint density at radius 3 is 2.67 bits per heavy atom. The molecule has 0 saturated carbocycles. The van der Waals surface area contributed by atoms with E-state index < -0.39 is 5.97 Å². The Hall–Kier alpha value is -2.28. The zero-order valence-corrected chi connectivity index (χ0v) is 15.0. The molecule has 0 fully saturated rings. The van der Waals surface area contributed by atoms with Crippen LogP contribution in [-0.4, -0.2) is 29.9 Å². The van der Waals surface area contributed by atoms with Gasteiger partial charge in [-0.15, -0.1) is 11.8 Å². The van der Waals surface area contributed by atoms with Gasteiger partial charge in [0.05, 0.1) is 24.1 Å². The molecule has 6 nitrogen and oxygen atoms in total. The number of benzene rings is 1. The van der Waals surface area contributed by atoms with Crippen molar-refractivity contribution in [2.75, 3.05) is 18.2 Å². The zero-order chi connectivity index (χ0) is 17.7. The van der Waals surface area contributed by atoms with Gasteiger partial charge in [-0.2, -0.15) is 0 Å². The number of ether oxygens (including phenoxy) is 1. The highest BCUT2D eigenvalue weighted by Crippen LogP contribution is 2.21. The maximum atomic E-state index is 12.1. The molecule has 0 spiro atoms. The molecule has 2 rings (SSSR count). The summed E-state index contributed by atoms with van der Waals surface area (Å²) in [6, 6.07) is 5.07. The van der Waals surface area contributed by atoms with Crippen molar-refractivity contribution in [2.24, 2.45) is 0 Å². The van der Waals surface area contributed by atoms with Crippen LogP contribution in [0.25, 0.3) is 0 Å². The molecule has 0 aliphatic rings. The monoisotopic (exact) mass is 348 g/mol. The van der Waals surface area contributed by atoms with Gasteiger partial charge in [-0.3, -0.25) is 4.79 Å². The third kappa shape index (κ3) is 4.38. The molecule has 1 heterocycles. The Morgan fingerprint density at radius 2 is 2.04 bits per heavy atom. The molecule has 0 saturated heterocycles. The van der Waals surface area contributed by atoms with E-state index in [9.17, 15) is 9.59 Å². The Bertz CT molecular complexity index is 736. The number of esters is 1. The van der Waals surface area contributed by atoms with E-state index >= 15 is 0 Å². The first-order valence-corrected chi connectivity index (χ1v) is 8.56. The van der Waals surface area contributed by atoms with Crippen molar-refractivity contribution in [1.29, 1.82) is 0 Å². The van der Waals surface area contributed by atoms with Crippen LogP contribution >= 0.6 is 11.8 Å². The number of amides is 1. The molecule has 0 bridgehead atoms. The molecule has 128 valence electrons. The van der Waals surface area contributed by atoms with Gasteiger partial charge in [0.25, 0.3) is 0 Å². The summed E-state index contributed by atoms with van der Waals surface area (Å²) in [6.07, 6.45) is 0. The summed E-state index contributed by atoms with van der Waals surface area (Å²) in [5, 5.41) is 6.73. The highest BCUT2D eigenvalue weighted by atomic mass is 32.2. The maximum Gasteiger partial charge on any atom is 0.337 e. The number of nitrogens with one attached hydrogen (secondary N) is 1. The van der Waals surface area contributed by atoms with Crippen LogP contribution in [0.4, 0.5) is 5.69 Å². The van der Waals surface area contributed by atoms with Gasteiger partial charge in [-0.25, -0.2) is 4.79 Å². The number of methoxy groups -OCH3 is 1. The van der Waals surface area contributed by atoms with Crippen molar-refractivity contribution >= 4 is 29.3 Å². The Kier molecular flexibility index (Phi) is 6.03. The highest BCUT2D eigenvalue weighted by molar-refractivity contribution is 7.99. The number of carbonyl (C=O) groups is 2. The third-order valence-corrected chi connectivity index (χ3v) is 4.55. The van der Waals surface area contributed by atoms with Crippen molar-refractivity contribution < 1.29 is 18.8 Å². The van der Waals surface area contributed by atoms with Gasteiger partial charge in [0.2, 0.25) is 5.91 Å². The van der Waals surface area contributed by atoms with E-state index in [1.807, 2.05) is 20.8 Å². The first-order chi connectivity index (χ1) is 11.4. The van der Waals surface area contributed by atoms with Crippen molar-refractivity contribution in [3.05, 3.63) is 46.3 Å². The molecular formula is C17H20N2O4S. The van der Waals surface area contributed by atoms with E-state index in [1.165, 1.54) is 18.9 Å². The number of rotatable bonds is 6. The maximum absolute atomic E-state index is 12.1. The topological polar surface area (TPSA) is 81.4 Å². The minimum atomic E-state index is -0.432. The second kappa shape index (κ2) is 8.01. The number of hydrogen-bond acceptors (Lipinski definition) is 6. The van der Waals surface area contributed by atoms with E-state index in [-0.39, 0.29) is 5.91 Å². The molecule has 7 heteroatoms. The lowest BCUT2D eigenvalue weighted by molar-refractivity contribution is -0.113. The fourth-order valence-electron chi connectivity index (χ4n) is 2.14. The molecule has 1 aromatic carbocycles. The summed E-state index contributed by atoms with van der Waals surface area (Å²) in [7, 11) is 1.33. The lowest BCUT2D eigenvalue weighted by Crippen LogP contribution is -2.15. The summed E-state index contributed by atoms with van der Waals surface area (Å²) in [5.74, 6) is 1.18. The van der Waals surface area contributed by atoms with Crippen LogP contribution in [-0.2, 0) is 15.3 Å². The average molecular weight is 348 g/mol. The molecule has 1 amide bonds. The number of aryl methyl sites for hydroxylation is 3. The first-order valence-electron chi connectivity index (χ1n) is 7.40. The summed E-state index contributed by atoms with van der Waals surface area (Å²) in [6.45, 7) is 5.61. The fraction of sp³-hybridized carbons (Fsp3) is 0.353. The summed E-state index contributed by atoms with van der Waals surface area (Å²) < 4.78 is 9.80. The van der Waals surface area contributed by atoms with E-state index in [0.717, 1.165) is 22.6 Å². The quantitative estimate of drug-likeness (QED) is 0.807. The van der Waals surface area contributed by atoms with Gasteiger partial charge < -0.3 is 14.6 Å². The number of nitrogens with zero attached hydrogens (tertiary/aromatic N) is 1. The van der Waals surface area contributed by atoms with Crippen molar-refractivity contribution in [3.63, 3.8) is 0 Å². The molecule has 2 aromatic rings. The van der Waals surface area contributed by atoms with Gasteiger partial charge in [0.15, 0.2) is 0 Å². The molecular weight excluding hydrogens is 328 g/mol. The summed E-state index contributed by atoms with van der Waals surface area (Å²) in [4.78, 5) is 23.7. The molecule has 0 aliphatic heterocycles. The molecule has 0 unspecified atom stereocenters. The SMILES string of the molecule is COC(=O)c1ccc(C)c(NC(=O)CSCc2c(C)noc2C)c1. The van der Waals surface area contributed by atoms with E-state index in [2.05, 4.69) is 10.5 Å². The third-order valence-electron chi connectivity index (χ3n) is 3.59. The van der Waals surface area contributed by atoms with Gasteiger partial charge in [-0.1, -0.05) is 11.2 Å².